The van der Waals surface area contributed by atoms with Gasteiger partial charge in [0.05, 0.1) is 11.7 Å². The number of aromatic carboxylic acids is 1. The van der Waals surface area contributed by atoms with Gasteiger partial charge in [-0.15, -0.1) is 0 Å². The summed E-state index contributed by atoms with van der Waals surface area (Å²) in [6.07, 6.45) is -1.71. The maximum Gasteiger partial charge on any atom is 0.343 e. The van der Waals surface area contributed by atoms with E-state index in [1.54, 1.807) is 13.8 Å². The predicted molar refractivity (Wildman–Crippen MR) is 65.4 cm³/mol. The lowest BCUT2D eigenvalue weighted by atomic mass is 9.83. The van der Waals surface area contributed by atoms with Gasteiger partial charge < -0.3 is 25.2 Å². The third kappa shape index (κ3) is 1.84. The van der Waals surface area contributed by atoms with Crippen LogP contribution in [0.1, 0.15) is 53.1 Å². The van der Waals surface area contributed by atoms with Crippen molar-refractivity contribution < 1.29 is 30.0 Å². The molecule has 2 rings (SSSR count). The number of ether oxygens (including phenoxy) is 1. The highest BCUT2D eigenvalue weighted by atomic mass is 16.6. The van der Waals surface area contributed by atoms with Crippen LogP contribution in [0.25, 0.3) is 0 Å². The lowest BCUT2D eigenvalue weighted by Crippen LogP contribution is -2.28. The van der Waals surface area contributed by atoms with Crippen molar-refractivity contribution in [2.75, 3.05) is 0 Å². The van der Waals surface area contributed by atoms with Crippen LogP contribution in [0.4, 0.5) is 0 Å². The van der Waals surface area contributed by atoms with Gasteiger partial charge in [0.1, 0.15) is 17.1 Å². The number of aliphatic hydroxyl groups is 1. The molecule has 4 N–H and O–H groups in total. The largest absolute Gasteiger partial charge is 0.507 e. The molecule has 0 amide bonds. The molecule has 0 unspecified atom stereocenters. The first-order valence-electron chi connectivity index (χ1n) is 5.92. The molecule has 0 bridgehead atoms. The van der Waals surface area contributed by atoms with Crippen molar-refractivity contribution >= 4 is 5.97 Å². The molecule has 0 radical (unpaired) electrons. The van der Waals surface area contributed by atoms with Crippen LogP contribution in [0.5, 0.6) is 11.5 Å². The lowest BCUT2D eigenvalue weighted by molar-refractivity contribution is -0.151. The smallest absolute Gasteiger partial charge is 0.343 e. The molecular weight excluding hydrogens is 252 g/mol. The summed E-state index contributed by atoms with van der Waals surface area (Å²) in [6, 6.07) is 0. The molecule has 0 aliphatic carbocycles. The van der Waals surface area contributed by atoms with Gasteiger partial charge in [-0.1, -0.05) is 6.92 Å². The number of benzene rings is 1. The van der Waals surface area contributed by atoms with Gasteiger partial charge in [0.25, 0.3) is 0 Å². The van der Waals surface area contributed by atoms with Gasteiger partial charge in [-0.05, 0) is 25.0 Å². The Kier molecular flexibility index (Phi) is 3.15. The van der Waals surface area contributed by atoms with E-state index in [4.69, 9.17) is 9.84 Å². The Morgan fingerprint density at radius 1 is 1.16 bits per heavy atom. The lowest BCUT2D eigenvalue weighted by Gasteiger charge is -2.34. The van der Waals surface area contributed by atoms with Crippen molar-refractivity contribution in [1.29, 1.82) is 0 Å². The fourth-order valence-corrected chi connectivity index (χ4v) is 2.55. The van der Waals surface area contributed by atoms with E-state index in [2.05, 4.69) is 0 Å². The van der Waals surface area contributed by atoms with Crippen molar-refractivity contribution in [3.05, 3.63) is 22.3 Å². The molecule has 1 aliphatic heterocycles. The van der Waals surface area contributed by atoms with Crippen LogP contribution in [0.15, 0.2) is 0 Å². The quantitative estimate of drug-likeness (QED) is 0.616. The van der Waals surface area contributed by atoms with Crippen molar-refractivity contribution in [3.63, 3.8) is 0 Å². The summed E-state index contributed by atoms with van der Waals surface area (Å²) in [5.74, 6) is -2.76. The zero-order valence-electron chi connectivity index (χ0n) is 10.8. The highest BCUT2D eigenvalue weighted by Crippen LogP contribution is 2.47. The van der Waals surface area contributed by atoms with Crippen LogP contribution < -0.4 is 0 Å². The molecule has 0 saturated heterocycles. The first-order valence-corrected chi connectivity index (χ1v) is 5.92. The Hall–Kier alpha value is -1.79. The number of aromatic hydroxyl groups is 2. The van der Waals surface area contributed by atoms with Gasteiger partial charge in [-0.2, -0.15) is 0 Å². The van der Waals surface area contributed by atoms with Crippen LogP contribution in [0.2, 0.25) is 0 Å². The molecule has 6 heteroatoms. The molecule has 1 aromatic rings. The highest BCUT2D eigenvalue weighted by molar-refractivity contribution is 5.95. The van der Waals surface area contributed by atoms with Crippen LogP contribution in [0, 0.1) is 6.92 Å². The highest BCUT2D eigenvalue weighted by Gasteiger charge is 2.37. The molecule has 0 saturated carbocycles. The molecule has 0 aromatic heterocycles. The van der Waals surface area contributed by atoms with Crippen LogP contribution in [-0.4, -0.2) is 32.5 Å². The Bertz CT molecular complexity index is 551. The van der Waals surface area contributed by atoms with E-state index in [1.165, 1.54) is 0 Å². The topological polar surface area (TPSA) is 107 Å². The molecule has 104 valence electrons. The summed E-state index contributed by atoms with van der Waals surface area (Å²) < 4.78 is 5.26. The van der Waals surface area contributed by atoms with Gasteiger partial charge in [0.2, 0.25) is 0 Å². The fourth-order valence-electron chi connectivity index (χ4n) is 2.55. The monoisotopic (exact) mass is 268 g/mol. The van der Waals surface area contributed by atoms with Crippen molar-refractivity contribution in [3.8, 4) is 11.5 Å². The van der Waals surface area contributed by atoms with E-state index in [9.17, 15) is 20.1 Å². The number of aliphatic hydroxyl groups excluding tert-OH is 1. The van der Waals surface area contributed by atoms with Gasteiger partial charge in [-0.3, -0.25) is 0 Å². The molecule has 6 nitrogen and oxygen atoms in total. The zero-order chi connectivity index (χ0) is 14.5. The second-order valence-corrected chi connectivity index (χ2v) is 4.81. The molecule has 1 aromatic carbocycles. The van der Waals surface area contributed by atoms with E-state index in [1.807, 2.05) is 6.92 Å². The molecule has 0 spiro atoms. The first kappa shape index (κ1) is 13.6. The van der Waals surface area contributed by atoms with Crippen LogP contribution in [0.3, 0.4) is 0 Å². The maximum atomic E-state index is 11.1. The standard InChI is InChI=1S/C13H16O6/c1-4-6(3)19-13(18)8-7(4)5(2)10(14)9(11(8)15)12(16)17/h4,6,13-15,18H,1-3H3,(H,16,17)/t4-,6+,13-/m1/s1. The molecule has 3 atom stereocenters. The SMILES string of the molecule is Cc1c(O)c(C(=O)O)c(O)c2c1[C@H](C)[C@H](C)O[C@H]2O. The summed E-state index contributed by atoms with van der Waals surface area (Å²) >= 11 is 0. The Balaban J connectivity index is 2.83. The Morgan fingerprint density at radius 3 is 2.26 bits per heavy atom. The first-order chi connectivity index (χ1) is 8.77. The van der Waals surface area contributed by atoms with E-state index in [0.717, 1.165) is 0 Å². The van der Waals surface area contributed by atoms with Crippen molar-refractivity contribution in [1.82, 2.24) is 0 Å². The van der Waals surface area contributed by atoms with E-state index in [0.29, 0.717) is 11.1 Å². The molecule has 19 heavy (non-hydrogen) atoms. The van der Waals surface area contributed by atoms with E-state index < -0.39 is 29.3 Å². The number of rotatable bonds is 1. The second kappa shape index (κ2) is 4.40. The minimum Gasteiger partial charge on any atom is -0.507 e. The van der Waals surface area contributed by atoms with Gasteiger partial charge in [0, 0.05) is 5.92 Å². The summed E-state index contributed by atoms with van der Waals surface area (Å²) in [7, 11) is 0. The zero-order valence-corrected chi connectivity index (χ0v) is 10.8. The molecule has 1 heterocycles. The summed E-state index contributed by atoms with van der Waals surface area (Å²) in [5, 5.41) is 38.9. The number of fused-ring (bicyclic) bond motifs is 1. The molecule has 0 fully saturated rings. The number of hydrogen-bond acceptors (Lipinski definition) is 5. The number of carbonyl (C=O) groups is 1. The molecule has 1 aliphatic rings. The maximum absolute atomic E-state index is 11.1. The minimum atomic E-state index is -1.46. The normalized spacial score (nSPS) is 26.0. The third-order valence-corrected chi connectivity index (χ3v) is 3.74. The van der Waals surface area contributed by atoms with Crippen molar-refractivity contribution in [2.45, 2.75) is 39.1 Å². The Morgan fingerprint density at radius 2 is 1.74 bits per heavy atom. The Labute approximate surface area is 109 Å². The molecular formula is C13H16O6. The number of carboxylic acids is 1. The van der Waals surface area contributed by atoms with E-state index in [-0.39, 0.29) is 17.6 Å². The predicted octanol–water partition coefficient (Wildman–Crippen LogP) is 1.62. The average Bonchev–Trinajstić information content (AvgIpc) is 2.30. The summed E-state index contributed by atoms with van der Waals surface area (Å²) in [4.78, 5) is 11.1. The fraction of sp³-hybridized carbons (Fsp3) is 0.462. The number of carboxylic acid groups (broad SMARTS) is 1. The van der Waals surface area contributed by atoms with Gasteiger partial charge in [-0.25, -0.2) is 4.79 Å². The van der Waals surface area contributed by atoms with Crippen molar-refractivity contribution in [2.24, 2.45) is 0 Å². The summed E-state index contributed by atoms with van der Waals surface area (Å²) in [5.41, 5.74) is 0.289. The summed E-state index contributed by atoms with van der Waals surface area (Å²) in [6.45, 7) is 5.14. The van der Waals surface area contributed by atoms with Crippen LogP contribution >= 0.6 is 0 Å². The number of phenols is 2. The van der Waals surface area contributed by atoms with E-state index >= 15 is 0 Å². The average molecular weight is 268 g/mol. The van der Waals surface area contributed by atoms with Crippen LogP contribution in [-0.2, 0) is 4.74 Å². The third-order valence-electron chi connectivity index (χ3n) is 3.74. The number of hydrogen-bond donors (Lipinski definition) is 4. The minimum absolute atomic E-state index is 0.0262. The van der Waals surface area contributed by atoms with Gasteiger partial charge in [0.15, 0.2) is 6.29 Å². The van der Waals surface area contributed by atoms with Gasteiger partial charge >= 0.3 is 5.97 Å². The second-order valence-electron chi connectivity index (χ2n) is 4.81.